The molecule has 0 fully saturated rings. The molecule has 0 spiro atoms. The second kappa shape index (κ2) is 9.86. The van der Waals surface area contributed by atoms with E-state index in [4.69, 9.17) is 38.0 Å². The molecule has 0 amide bonds. The Kier molecular flexibility index (Phi) is 7.74. The van der Waals surface area contributed by atoms with Crippen molar-refractivity contribution < 1.29 is 27.4 Å². The van der Waals surface area contributed by atoms with E-state index in [1.54, 1.807) is 19.1 Å². The number of nitrogens with zero attached hydrogens (tertiary/aromatic N) is 1. The molecule has 11 heteroatoms. The van der Waals surface area contributed by atoms with Crippen molar-refractivity contribution in [2.75, 3.05) is 26.6 Å². The van der Waals surface area contributed by atoms with E-state index in [-0.39, 0.29) is 15.8 Å². The average Bonchev–Trinajstić information content (AvgIpc) is 2.71. The fourth-order valence-electron chi connectivity index (χ4n) is 2.44. The lowest BCUT2D eigenvalue weighted by atomic mass is 10.1. The van der Waals surface area contributed by atoms with E-state index < -0.39 is 11.7 Å². The van der Waals surface area contributed by atoms with Gasteiger partial charge in [0, 0.05) is 5.56 Å². The van der Waals surface area contributed by atoms with Crippen LogP contribution in [0.5, 0.6) is 17.2 Å². The molecule has 0 aliphatic heterocycles. The fraction of sp³-hybridized carbons (Fsp3) is 0.263. The summed E-state index contributed by atoms with van der Waals surface area (Å²) < 4.78 is 54.5. The first kappa shape index (κ1) is 23.6. The Bertz CT molecular complexity index is 943. The highest BCUT2D eigenvalue weighted by Gasteiger charge is 2.31. The Morgan fingerprint density at radius 1 is 1.03 bits per heavy atom. The van der Waals surface area contributed by atoms with Crippen molar-refractivity contribution in [1.29, 1.82) is 0 Å². The summed E-state index contributed by atoms with van der Waals surface area (Å²) >= 11 is 11.1. The van der Waals surface area contributed by atoms with Gasteiger partial charge >= 0.3 is 6.18 Å². The summed E-state index contributed by atoms with van der Waals surface area (Å²) in [7, 11) is 4.47. The van der Waals surface area contributed by atoms with Crippen molar-refractivity contribution in [1.82, 2.24) is 5.43 Å². The molecule has 0 radical (unpaired) electrons. The summed E-state index contributed by atoms with van der Waals surface area (Å²) in [6.45, 7) is 1.70. The average molecular weight is 462 g/mol. The van der Waals surface area contributed by atoms with Crippen molar-refractivity contribution in [3.05, 3.63) is 46.5 Å². The first-order valence-electron chi connectivity index (χ1n) is 8.39. The second-order valence-corrected chi connectivity index (χ2v) is 6.68. The van der Waals surface area contributed by atoms with Crippen LogP contribution in [0.4, 0.5) is 18.9 Å². The number of methoxy groups -OCH3 is 3. The maximum atomic E-state index is 12.9. The highest BCUT2D eigenvalue weighted by molar-refractivity contribution is 7.80. The van der Waals surface area contributed by atoms with E-state index >= 15 is 0 Å². The third-order valence-electron chi connectivity index (χ3n) is 3.95. The number of nitrogens with one attached hydrogen (secondary N) is 2. The number of halogens is 4. The topological polar surface area (TPSA) is 64.1 Å². The van der Waals surface area contributed by atoms with E-state index in [9.17, 15) is 13.2 Å². The van der Waals surface area contributed by atoms with Gasteiger partial charge < -0.3 is 19.5 Å². The van der Waals surface area contributed by atoms with Crippen LogP contribution >= 0.6 is 23.8 Å². The predicted octanol–water partition coefficient (Wildman–Crippen LogP) is 5.10. The van der Waals surface area contributed by atoms with Gasteiger partial charge in [-0.3, -0.25) is 5.43 Å². The summed E-state index contributed by atoms with van der Waals surface area (Å²) in [4.78, 5) is 0. The molecule has 0 saturated carbocycles. The standard InChI is InChI=1S/C19H19ClF3N3O3S/c1-10(11-7-15(27-2)17(29-4)16(8-11)28-3)25-26-18(30)24-14-9-12(19(21,22)23)5-6-13(14)20/h5-9H,1-4H3,(H2,24,26,30). The van der Waals surface area contributed by atoms with Crippen molar-refractivity contribution in [3.8, 4) is 17.2 Å². The van der Waals surface area contributed by atoms with Gasteiger partial charge in [0.15, 0.2) is 16.6 Å². The number of ether oxygens (including phenoxy) is 3. The van der Waals surface area contributed by atoms with Crippen LogP contribution in [0.1, 0.15) is 18.1 Å². The molecule has 2 aromatic carbocycles. The predicted molar refractivity (Wildman–Crippen MR) is 114 cm³/mol. The summed E-state index contributed by atoms with van der Waals surface area (Å²) in [5.41, 5.74) is 2.88. The summed E-state index contributed by atoms with van der Waals surface area (Å²) in [6.07, 6.45) is -4.50. The Morgan fingerprint density at radius 2 is 1.63 bits per heavy atom. The van der Waals surface area contributed by atoms with Crippen molar-refractivity contribution in [2.24, 2.45) is 5.10 Å². The monoisotopic (exact) mass is 461 g/mol. The van der Waals surface area contributed by atoms with Crippen molar-refractivity contribution in [2.45, 2.75) is 13.1 Å². The lowest BCUT2D eigenvalue weighted by Crippen LogP contribution is -2.25. The number of thiocarbonyl (C=S) groups is 1. The number of hydrogen-bond donors (Lipinski definition) is 2. The molecule has 162 valence electrons. The molecule has 0 aromatic heterocycles. The van der Waals surface area contributed by atoms with E-state index in [1.807, 2.05) is 0 Å². The summed E-state index contributed by atoms with van der Waals surface area (Å²) in [5, 5.41) is 6.79. The quantitative estimate of drug-likeness (QED) is 0.355. The number of alkyl halides is 3. The zero-order valence-electron chi connectivity index (χ0n) is 16.5. The molecular formula is C19H19ClF3N3O3S. The SMILES string of the molecule is COc1cc(C(C)=NNC(=S)Nc2cc(C(F)(F)F)ccc2Cl)cc(OC)c1OC. The smallest absolute Gasteiger partial charge is 0.416 e. The van der Waals surface area contributed by atoms with Crippen LogP contribution in [0, 0.1) is 0 Å². The van der Waals surface area contributed by atoms with Gasteiger partial charge in [0.1, 0.15) is 0 Å². The molecule has 0 aliphatic carbocycles. The van der Waals surface area contributed by atoms with Gasteiger partial charge in [0.2, 0.25) is 5.75 Å². The highest BCUT2D eigenvalue weighted by atomic mass is 35.5. The largest absolute Gasteiger partial charge is 0.493 e. The molecule has 0 aliphatic rings. The number of hydrazone groups is 1. The molecular weight excluding hydrogens is 443 g/mol. The first-order chi connectivity index (χ1) is 14.1. The van der Waals surface area contributed by atoms with E-state index in [1.165, 1.54) is 21.3 Å². The Balaban J connectivity index is 2.19. The van der Waals surface area contributed by atoms with Crippen LogP contribution in [0.3, 0.4) is 0 Å². The zero-order chi connectivity index (χ0) is 22.5. The molecule has 0 saturated heterocycles. The number of benzene rings is 2. The molecule has 0 unspecified atom stereocenters. The molecule has 30 heavy (non-hydrogen) atoms. The van der Waals surface area contributed by atoms with E-state index in [0.717, 1.165) is 18.2 Å². The zero-order valence-corrected chi connectivity index (χ0v) is 18.1. The van der Waals surface area contributed by atoms with Crippen LogP contribution in [0.25, 0.3) is 0 Å². The molecule has 6 nitrogen and oxygen atoms in total. The van der Waals surface area contributed by atoms with Crippen LogP contribution < -0.4 is 25.0 Å². The fourth-order valence-corrected chi connectivity index (χ4v) is 2.76. The maximum absolute atomic E-state index is 12.9. The number of rotatable bonds is 6. The van der Waals surface area contributed by atoms with E-state index in [0.29, 0.717) is 28.5 Å². The third kappa shape index (κ3) is 5.67. The van der Waals surface area contributed by atoms with Crippen LogP contribution in [-0.4, -0.2) is 32.2 Å². The summed E-state index contributed by atoms with van der Waals surface area (Å²) in [6, 6.07) is 6.28. The molecule has 0 heterocycles. The number of anilines is 1. The molecule has 2 rings (SSSR count). The van der Waals surface area contributed by atoms with Crippen molar-refractivity contribution in [3.63, 3.8) is 0 Å². The van der Waals surface area contributed by atoms with Gasteiger partial charge in [-0.15, -0.1) is 0 Å². The first-order valence-corrected chi connectivity index (χ1v) is 9.17. The van der Waals surface area contributed by atoms with E-state index in [2.05, 4.69) is 15.8 Å². The third-order valence-corrected chi connectivity index (χ3v) is 4.47. The molecule has 0 atom stereocenters. The van der Waals surface area contributed by atoms with Gasteiger partial charge in [0.05, 0.1) is 43.3 Å². The van der Waals surface area contributed by atoms with Crippen LogP contribution in [0.2, 0.25) is 5.02 Å². The van der Waals surface area contributed by atoms with Gasteiger partial charge in [-0.2, -0.15) is 18.3 Å². The normalized spacial score (nSPS) is 11.7. The minimum atomic E-state index is -4.50. The van der Waals surface area contributed by atoms with Gasteiger partial charge in [-0.05, 0) is 49.5 Å². The van der Waals surface area contributed by atoms with Gasteiger partial charge in [-0.25, -0.2) is 0 Å². The van der Waals surface area contributed by atoms with Crippen LogP contribution in [0.15, 0.2) is 35.4 Å². The maximum Gasteiger partial charge on any atom is 0.416 e. The Hall–Kier alpha value is -2.72. The minimum absolute atomic E-state index is 0.00429. The molecule has 2 aromatic rings. The Labute approximate surface area is 182 Å². The lowest BCUT2D eigenvalue weighted by molar-refractivity contribution is -0.137. The van der Waals surface area contributed by atoms with Crippen LogP contribution in [-0.2, 0) is 6.18 Å². The minimum Gasteiger partial charge on any atom is -0.493 e. The van der Waals surface area contributed by atoms with Gasteiger partial charge in [0.25, 0.3) is 0 Å². The lowest BCUT2D eigenvalue weighted by Gasteiger charge is -2.15. The Morgan fingerprint density at radius 3 is 2.13 bits per heavy atom. The highest BCUT2D eigenvalue weighted by Crippen LogP contribution is 2.38. The number of hydrogen-bond acceptors (Lipinski definition) is 5. The van der Waals surface area contributed by atoms with Crippen molar-refractivity contribution >= 4 is 40.3 Å². The second-order valence-electron chi connectivity index (χ2n) is 5.87. The summed E-state index contributed by atoms with van der Waals surface area (Å²) in [5.74, 6) is 1.32. The molecule has 2 N–H and O–H groups in total. The van der Waals surface area contributed by atoms with Gasteiger partial charge in [-0.1, -0.05) is 11.6 Å². The molecule has 0 bridgehead atoms.